The van der Waals surface area contributed by atoms with Crippen molar-refractivity contribution in [2.75, 3.05) is 13.2 Å². The highest BCUT2D eigenvalue weighted by molar-refractivity contribution is 9.10. The molecule has 0 spiro atoms. The summed E-state index contributed by atoms with van der Waals surface area (Å²) in [5.74, 6) is 0. The molecule has 1 aromatic carbocycles. The largest absolute Gasteiger partial charge is 0.395 e. The SMILES string of the molecule is O=[N+]([O-])c1ccc(Br)cc1S(=O)(=O)N1CCCC1CO. The summed E-state index contributed by atoms with van der Waals surface area (Å²) < 4.78 is 26.7. The molecular formula is C11H13BrN2O5S. The van der Waals surface area contributed by atoms with Gasteiger partial charge in [-0.15, -0.1) is 0 Å². The molecule has 0 saturated carbocycles. The van der Waals surface area contributed by atoms with Gasteiger partial charge >= 0.3 is 0 Å². The molecule has 20 heavy (non-hydrogen) atoms. The lowest BCUT2D eigenvalue weighted by molar-refractivity contribution is -0.387. The Balaban J connectivity index is 2.54. The number of nitro benzene ring substituents is 1. The molecule has 1 aliphatic heterocycles. The third-order valence-corrected chi connectivity index (χ3v) is 5.71. The molecule has 1 atom stereocenters. The summed E-state index contributed by atoms with van der Waals surface area (Å²) in [5, 5.41) is 20.2. The maximum absolute atomic E-state index is 12.6. The van der Waals surface area contributed by atoms with Crippen LogP contribution in [0.2, 0.25) is 0 Å². The van der Waals surface area contributed by atoms with Gasteiger partial charge in [0.25, 0.3) is 5.69 Å². The molecule has 0 aliphatic carbocycles. The fourth-order valence-electron chi connectivity index (χ4n) is 2.28. The van der Waals surface area contributed by atoms with Crippen LogP contribution in [0.25, 0.3) is 0 Å². The van der Waals surface area contributed by atoms with Crippen LogP contribution in [0.1, 0.15) is 12.8 Å². The lowest BCUT2D eigenvalue weighted by Gasteiger charge is -2.22. The van der Waals surface area contributed by atoms with Crippen molar-refractivity contribution in [1.29, 1.82) is 0 Å². The van der Waals surface area contributed by atoms with Gasteiger partial charge in [-0.25, -0.2) is 8.42 Å². The Morgan fingerprint density at radius 1 is 1.50 bits per heavy atom. The molecule has 7 nitrogen and oxygen atoms in total. The molecule has 1 fully saturated rings. The first-order valence-electron chi connectivity index (χ1n) is 5.94. The molecule has 1 aromatic rings. The number of nitrogens with zero attached hydrogens (tertiary/aromatic N) is 2. The number of nitro groups is 1. The van der Waals surface area contributed by atoms with E-state index in [2.05, 4.69) is 15.9 Å². The smallest absolute Gasteiger partial charge is 0.289 e. The Hall–Kier alpha value is -1.03. The van der Waals surface area contributed by atoms with Crippen molar-refractivity contribution in [3.63, 3.8) is 0 Å². The van der Waals surface area contributed by atoms with Gasteiger partial charge < -0.3 is 5.11 Å². The summed E-state index contributed by atoms with van der Waals surface area (Å²) in [6, 6.07) is 3.28. The second-order valence-electron chi connectivity index (χ2n) is 4.46. The number of hydrogen-bond donors (Lipinski definition) is 1. The topological polar surface area (TPSA) is 101 Å². The third-order valence-electron chi connectivity index (χ3n) is 3.24. The zero-order valence-electron chi connectivity index (χ0n) is 10.4. The van der Waals surface area contributed by atoms with E-state index in [4.69, 9.17) is 0 Å². The van der Waals surface area contributed by atoms with E-state index >= 15 is 0 Å². The van der Waals surface area contributed by atoms with Gasteiger partial charge in [-0.05, 0) is 25.0 Å². The van der Waals surface area contributed by atoms with Crippen LogP contribution in [0.4, 0.5) is 5.69 Å². The van der Waals surface area contributed by atoms with E-state index < -0.39 is 26.7 Å². The molecule has 2 rings (SSSR count). The van der Waals surface area contributed by atoms with E-state index in [9.17, 15) is 23.6 Å². The van der Waals surface area contributed by atoms with Crippen LogP contribution < -0.4 is 0 Å². The Morgan fingerprint density at radius 3 is 2.80 bits per heavy atom. The number of aliphatic hydroxyl groups is 1. The summed E-state index contributed by atoms with van der Waals surface area (Å²) in [7, 11) is -4.00. The van der Waals surface area contributed by atoms with Gasteiger partial charge in [0, 0.05) is 23.1 Å². The first-order chi connectivity index (χ1) is 9.37. The highest BCUT2D eigenvalue weighted by atomic mass is 79.9. The van der Waals surface area contributed by atoms with E-state index in [1.165, 1.54) is 12.1 Å². The van der Waals surface area contributed by atoms with Crippen LogP contribution >= 0.6 is 15.9 Å². The van der Waals surface area contributed by atoms with E-state index in [1.54, 1.807) is 0 Å². The molecule has 1 heterocycles. The minimum Gasteiger partial charge on any atom is -0.395 e. The Bertz CT molecular complexity index is 634. The van der Waals surface area contributed by atoms with E-state index in [0.29, 0.717) is 17.3 Å². The average Bonchev–Trinajstić information content (AvgIpc) is 2.87. The number of aliphatic hydroxyl groups excluding tert-OH is 1. The van der Waals surface area contributed by atoms with Crippen LogP contribution in [-0.2, 0) is 10.0 Å². The van der Waals surface area contributed by atoms with E-state index in [0.717, 1.165) is 10.4 Å². The monoisotopic (exact) mass is 364 g/mol. The van der Waals surface area contributed by atoms with Gasteiger partial charge in [0.05, 0.1) is 11.5 Å². The minimum absolute atomic E-state index is 0.261. The number of hydrogen-bond acceptors (Lipinski definition) is 5. The molecule has 0 radical (unpaired) electrons. The van der Waals surface area contributed by atoms with Gasteiger partial charge in [0.1, 0.15) is 0 Å². The summed E-state index contributed by atoms with van der Waals surface area (Å²) in [5.41, 5.74) is -0.461. The van der Waals surface area contributed by atoms with Gasteiger partial charge in [0.15, 0.2) is 4.90 Å². The molecule has 0 aromatic heterocycles. The summed E-state index contributed by atoms with van der Waals surface area (Å²) >= 11 is 3.12. The van der Waals surface area contributed by atoms with Crippen molar-refractivity contribution in [2.24, 2.45) is 0 Å². The highest BCUT2D eigenvalue weighted by Gasteiger charge is 2.38. The number of benzene rings is 1. The molecule has 0 bridgehead atoms. The maximum atomic E-state index is 12.6. The Labute approximate surface area is 124 Å². The number of rotatable bonds is 4. The summed E-state index contributed by atoms with van der Waals surface area (Å²) in [4.78, 5) is 9.93. The second-order valence-corrected chi connectivity index (χ2v) is 7.24. The lowest BCUT2D eigenvalue weighted by atomic mass is 10.2. The zero-order chi connectivity index (χ0) is 14.9. The van der Waals surface area contributed by atoms with Crippen molar-refractivity contribution in [1.82, 2.24) is 4.31 Å². The van der Waals surface area contributed by atoms with Crippen molar-refractivity contribution in [3.8, 4) is 0 Å². The zero-order valence-corrected chi connectivity index (χ0v) is 12.8. The lowest BCUT2D eigenvalue weighted by Crippen LogP contribution is -2.37. The molecular weight excluding hydrogens is 352 g/mol. The molecule has 110 valence electrons. The Morgan fingerprint density at radius 2 is 2.20 bits per heavy atom. The van der Waals surface area contributed by atoms with Crippen LogP contribution in [-0.4, -0.2) is 41.9 Å². The van der Waals surface area contributed by atoms with Gasteiger partial charge in [-0.2, -0.15) is 4.31 Å². The Kier molecular flexibility index (Phi) is 4.43. The van der Waals surface area contributed by atoms with Crippen molar-refractivity contribution in [3.05, 3.63) is 32.8 Å². The predicted molar refractivity (Wildman–Crippen MR) is 74.8 cm³/mol. The highest BCUT2D eigenvalue weighted by Crippen LogP contribution is 2.33. The van der Waals surface area contributed by atoms with Crippen molar-refractivity contribution < 1.29 is 18.4 Å². The summed E-state index contributed by atoms with van der Waals surface area (Å²) in [6.45, 7) is -0.0295. The quantitative estimate of drug-likeness (QED) is 0.644. The summed E-state index contributed by atoms with van der Waals surface area (Å²) in [6.07, 6.45) is 1.18. The maximum Gasteiger partial charge on any atom is 0.289 e. The normalized spacial score (nSPS) is 20.2. The number of sulfonamides is 1. The molecule has 1 N–H and O–H groups in total. The second kappa shape index (κ2) is 5.76. The first-order valence-corrected chi connectivity index (χ1v) is 8.18. The van der Waals surface area contributed by atoms with Gasteiger partial charge in [0.2, 0.25) is 10.0 Å². The standard InChI is InChI=1S/C11H13BrN2O5S/c12-8-3-4-10(14(16)17)11(6-8)20(18,19)13-5-1-2-9(13)7-15/h3-4,6,9,15H,1-2,5,7H2. The van der Waals surface area contributed by atoms with Crippen LogP contribution in [0.5, 0.6) is 0 Å². The number of halogens is 1. The van der Waals surface area contributed by atoms with E-state index in [1.807, 2.05) is 0 Å². The first kappa shape index (κ1) is 15.4. The van der Waals surface area contributed by atoms with E-state index in [-0.39, 0.29) is 18.0 Å². The van der Waals surface area contributed by atoms with Crippen molar-refractivity contribution >= 4 is 31.6 Å². The molecule has 1 unspecified atom stereocenters. The van der Waals surface area contributed by atoms with Crippen LogP contribution in [0.15, 0.2) is 27.6 Å². The van der Waals surface area contributed by atoms with Crippen molar-refractivity contribution in [2.45, 2.75) is 23.8 Å². The predicted octanol–water partition coefficient (Wildman–Crippen LogP) is 1.50. The average molecular weight is 365 g/mol. The molecule has 1 aliphatic rings. The molecule has 9 heteroatoms. The van der Waals surface area contributed by atoms with Crippen LogP contribution in [0.3, 0.4) is 0 Å². The molecule has 0 amide bonds. The molecule has 1 saturated heterocycles. The fourth-order valence-corrected chi connectivity index (χ4v) is 4.66. The minimum atomic E-state index is -4.00. The third kappa shape index (κ3) is 2.71. The van der Waals surface area contributed by atoms with Crippen LogP contribution in [0, 0.1) is 10.1 Å². The van der Waals surface area contributed by atoms with Gasteiger partial charge in [-0.1, -0.05) is 15.9 Å². The van der Waals surface area contributed by atoms with Gasteiger partial charge in [-0.3, -0.25) is 10.1 Å². The fraction of sp³-hybridized carbons (Fsp3) is 0.455.